The van der Waals surface area contributed by atoms with E-state index in [-0.39, 0.29) is 11.7 Å². The van der Waals surface area contributed by atoms with Gasteiger partial charge in [-0.1, -0.05) is 6.07 Å². The van der Waals surface area contributed by atoms with Gasteiger partial charge in [-0.2, -0.15) is 5.10 Å². The largest absolute Gasteiger partial charge is 0.508 e. The second-order valence-electron chi connectivity index (χ2n) is 4.38. The molecule has 5 nitrogen and oxygen atoms in total. The first-order valence-corrected chi connectivity index (χ1v) is 6.17. The average molecular weight is 259 g/mol. The molecule has 100 valence electrons. The van der Waals surface area contributed by atoms with Crippen LogP contribution < -0.4 is 4.90 Å². The molecule has 1 amide bonds. The number of hydrogen-bond acceptors (Lipinski definition) is 3. The maximum atomic E-state index is 12.6. The van der Waals surface area contributed by atoms with E-state index in [9.17, 15) is 9.90 Å². The average Bonchev–Trinajstić information content (AvgIpc) is 2.70. The molecule has 19 heavy (non-hydrogen) atoms. The minimum absolute atomic E-state index is 0.114. The van der Waals surface area contributed by atoms with Crippen molar-refractivity contribution in [3.63, 3.8) is 0 Å². The highest BCUT2D eigenvalue weighted by Gasteiger charge is 2.22. The predicted molar refractivity (Wildman–Crippen MR) is 73.5 cm³/mol. The monoisotopic (exact) mass is 259 g/mol. The zero-order chi connectivity index (χ0) is 14.0. The fourth-order valence-corrected chi connectivity index (χ4v) is 2.11. The third kappa shape index (κ3) is 2.45. The zero-order valence-corrected chi connectivity index (χ0v) is 11.3. The summed E-state index contributed by atoms with van der Waals surface area (Å²) in [6.07, 6.45) is 0. The molecule has 0 aliphatic carbocycles. The molecule has 1 heterocycles. The molecule has 1 aromatic carbocycles. The molecular weight excluding hydrogens is 242 g/mol. The van der Waals surface area contributed by atoms with E-state index < -0.39 is 0 Å². The van der Waals surface area contributed by atoms with E-state index in [1.54, 1.807) is 36.1 Å². The van der Waals surface area contributed by atoms with Crippen LogP contribution >= 0.6 is 0 Å². The Morgan fingerprint density at radius 3 is 2.68 bits per heavy atom. The Bertz CT molecular complexity index is 585. The van der Waals surface area contributed by atoms with E-state index in [4.69, 9.17) is 0 Å². The summed E-state index contributed by atoms with van der Waals surface area (Å²) >= 11 is 0. The minimum Gasteiger partial charge on any atom is -0.508 e. The molecule has 5 heteroatoms. The molecule has 0 bridgehead atoms. The molecule has 0 saturated heterocycles. The zero-order valence-electron chi connectivity index (χ0n) is 11.3. The van der Waals surface area contributed by atoms with Crippen molar-refractivity contribution in [1.29, 1.82) is 0 Å². The molecule has 0 unspecified atom stereocenters. The van der Waals surface area contributed by atoms with E-state index in [1.165, 1.54) is 0 Å². The summed E-state index contributed by atoms with van der Waals surface area (Å²) in [5, 5.41) is 16.4. The van der Waals surface area contributed by atoms with Crippen LogP contribution in [0.5, 0.6) is 5.75 Å². The molecule has 0 spiro atoms. The van der Waals surface area contributed by atoms with Crippen LogP contribution in [0.4, 0.5) is 5.69 Å². The summed E-state index contributed by atoms with van der Waals surface area (Å²) < 4.78 is 0. The lowest BCUT2D eigenvalue weighted by Crippen LogP contribution is -2.31. The number of aromatic nitrogens is 2. The molecule has 0 radical (unpaired) electrons. The summed E-state index contributed by atoms with van der Waals surface area (Å²) in [5.74, 6) is 0.0289. The number of anilines is 1. The van der Waals surface area contributed by atoms with Crippen LogP contribution in [-0.4, -0.2) is 27.8 Å². The number of benzene rings is 1. The van der Waals surface area contributed by atoms with Gasteiger partial charge in [0.2, 0.25) is 0 Å². The van der Waals surface area contributed by atoms with Gasteiger partial charge in [0.15, 0.2) is 0 Å². The number of nitrogens with zero attached hydrogens (tertiary/aromatic N) is 2. The lowest BCUT2D eigenvalue weighted by molar-refractivity contribution is 0.0987. The van der Waals surface area contributed by atoms with Crippen LogP contribution in [0.1, 0.15) is 28.7 Å². The molecule has 0 fully saturated rings. The van der Waals surface area contributed by atoms with Crippen molar-refractivity contribution in [3.05, 3.63) is 41.2 Å². The number of rotatable bonds is 3. The number of H-pyrrole nitrogens is 1. The van der Waals surface area contributed by atoms with Crippen molar-refractivity contribution in [2.24, 2.45) is 0 Å². The van der Waals surface area contributed by atoms with E-state index in [1.807, 2.05) is 13.8 Å². The standard InChI is InChI=1S/C14H17N3O2/c1-4-17(11-6-5-7-12(18)8-11)14(19)13-9(2)15-16-10(13)3/h5-8,18H,4H2,1-3H3,(H,15,16). The fraction of sp³-hybridized carbons (Fsp3) is 0.286. The van der Waals surface area contributed by atoms with Crippen molar-refractivity contribution < 1.29 is 9.90 Å². The molecule has 2 rings (SSSR count). The molecule has 0 atom stereocenters. The Morgan fingerprint density at radius 2 is 2.16 bits per heavy atom. The minimum atomic E-state index is -0.114. The van der Waals surface area contributed by atoms with Crippen LogP contribution in [0.25, 0.3) is 0 Å². The maximum Gasteiger partial charge on any atom is 0.261 e. The molecule has 2 N–H and O–H groups in total. The first-order chi connectivity index (χ1) is 9.04. The molecule has 1 aromatic heterocycles. The highest BCUT2D eigenvalue weighted by molar-refractivity contribution is 6.07. The van der Waals surface area contributed by atoms with Crippen molar-refractivity contribution in [3.8, 4) is 5.75 Å². The van der Waals surface area contributed by atoms with Gasteiger partial charge in [0, 0.05) is 24.0 Å². The number of aromatic amines is 1. The third-order valence-corrected chi connectivity index (χ3v) is 3.04. The summed E-state index contributed by atoms with van der Waals surface area (Å²) in [7, 11) is 0. The Labute approximate surface area is 111 Å². The van der Waals surface area contributed by atoms with Gasteiger partial charge < -0.3 is 10.0 Å². The summed E-state index contributed by atoms with van der Waals surface area (Å²) in [5.41, 5.74) is 2.69. The highest BCUT2D eigenvalue weighted by Crippen LogP contribution is 2.23. The predicted octanol–water partition coefficient (Wildman–Crippen LogP) is 2.40. The number of nitrogens with one attached hydrogen (secondary N) is 1. The van der Waals surface area contributed by atoms with Gasteiger partial charge in [0.25, 0.3) is 5.91 Å². The second kappa shape index (κ2) is 5.14. The number of phenolic OH excluding ortho intramolecular Hbond substituents is 1. The van der Waals surface area contributed by atoms with Gasteiger partial charge in [-0.3, -0.25) is 9.89 Å². The van der Waals surface area contributed by atoms with Gasteiger partial charge in [0.1, 0.15) is 5.75 Å². The summed E-state index contributed by atoms with van der Waals surface area (Å²) in [6, 6.07) is 6.67. The number of aromatic hydroxyl groups is 1. The Morgan fingerprint density at radius 1 is 1.42 bits per heavy atom. The van der Waals surface area contributed by atoms with Crippen LogP contribution in [0.15, 0.2) is 24.3 Å². The van der Waals surface area contributed by atoms with E-state index in [0.717, 1.165) is 5.69 Å². The van der Waals surface area contributed by atoms with Crippen LogP contribution in [0.2, 0.25) is 0 Å². The Hall–Kier alpha value is -2.30. The van der Waals surface area contributed by atoms with Crippen molar-refractivity contribution in [2.45, 2.75) is 20.8 Å². The lowest BCUT2D eigenvalue weighted by atomic mass is 10.1. The number of aryl methyl sites for hydroxylation is 2. The van der Waals surface area contributed by atoms with Gasteiger partial charge in [-0.05, 0) is 32.9 Å². The number of carbonyl (C=O) groups excluding carboxylic acids is 1. The van der Waals surface area contributed by atoms with E-state index >= 15 is 0 Å². The fourth-order valence-electron chi connectivity index (χ4n) is 2.11. The van der Waals surface area contributed by atoms with E-state index in [0.29, 0.717) is 23.5 Å². The highest BCUT2D eigenvalue weighted by atomic mass is 16.3. The second-order valence-corrected chi connectivity index (χ2v) is 4.38. The third-order valence-electron chi connectivity index (χ3n) is 3.04. The van der Waals surface area contributed by atoms with E-state index in [2.05, 4.69) is 10.2 Å². The van der Waals surface area contributed by atoms with Gasteiger partial charge in [-0.25, -0.2) is 0 Å². The van der Waals surface area contributed by atoms with Gasteiger partial charge in [0.05, 0.1) is 11.3 Å². The topological polar surface area (TPSA) is 69.2 Å². The van der Waals surface area contributed by atoms with Crippen LogP contribution in [0, 0.1) is 13.8 Å². The number of phenols is 1. The molecular formula is C14H17N3O2. The maximum absolute atomic E-state index is 12.6. The van der Waals surface area contributed by atoms with Crippen LogP contribution in [-0.2, 0) is 0 Å². The normalized spacial score (nSPS) is 10.5. The quantitative estimate of drug-likeness (QED) is 0.889. The van der Waals surface area contributed by atoms with Crippen molar-refractivity contribution in [2.75, 3.05) is 11.4 Å². The lowest BCUT2D eigenvalue weighted by Gasteiger charge is -2.21. The first kappa shape index (κ1) is 13.1. The molecule has 0 aliphatic heterocycles. The van der Waals surface area contributed by atoms with Gasteiger partial charge in [-0.15, -0.1) is 0 Å². The molecule has 0 aliphatic rings. The smallest absolute Gasteiger partial charge is 0.261 e. The Kier molecular flexibility index (Phi) is 3.55. The van der Waals surface area contributed by atoms with Gasteiger partial charge >= 0.3 is 0 Å². The molecule has 2 aromatic rings. The summed E-state index contributed by atoms with van der Waals surface area (Å²) in [6.45, 7) is 6.04. The SMILES string of the molecule is CCN(C(=O)c1c(C)n[nH]c1C)c1cccc(O)c1. The first-order valence-electron chi connectivity index (χ1n) is 6.17. The van der Waals surface area contributed by atoms with Crippen LogP contribution in [0.3, 0.4) is 0 Å². The number of carbonyl (C=O) groups is 1. The molecule has 0 saturated carbocycles. The summed E-state index contributed by atoms with van der Waals surface area (Å²) in [4.78, 5) is 14.2. The number of amides is 1. The number of hydrogen-bond donors (Lipinski definition) is 2. The van der Waals surface area contributed by atoms with Crippen molar-refractivity contribution >= 4 is 11.6 Å². The van der Waals surface area contributed by atoms with Crippen molar-refractivity contribution in [1.82, 2.24) is 10.2 Å². The Balaban J connectivity index is 2.40.